The number of nitrogens with zero attached hydrogens (tertiary/aromatic N) is 3. The van der Waals surface area contributed by atoms with Crippen molar-refractivity contribution in [3.8, 4) is 5.75 Å². The average molecular weight is 360 g/mol. The van der Waals surface area contributed by atoms with Crippen LogP contribution < -0.4 is 4.74 Å². The molecule has 4 nitrogen and oxygen atoms in total. The first-order valence-electron chi connectivity index (χ1n) is 7.90. The van der Waals surface area contributed by atoms with E-state index in [1.165, 1.54) is 0 Å². The highest BCUT2D eigenvalue weighted by Gasteiger charge is 2.39. The van der Waals surface area contributed by atoms with Crippen LogP contribution in [-0.2, 0) is 0 Å². The van der Waals surface area contributed by atoms with E-state index in [0.29, 0.717) is 17.0 Å². The molecule has 0 amide bonds. The first-order chi connectivity index (χ1) is 12.1. The number of alkyl halides is 2. The smallest absolute Gasteiger partial charge is 0.387 e. The van der Waals surface area contributed by atoms with E-state index in [1.807, 2.05) is 18.2 Å². The Labute approximate surface area is 146 Å². The number of halogens is 3. The number of hydrogen-bond acceptors (Lipinski definition) is 3. The minimum absolute atomic E-state index is 0.108. The van der Waals surface area contributed by atoms with Gasteiger partial charge in [0.1, 0.15) is 17.6 Å². The third-order valence-electron chi connectivity index (χ3n) is 4.78. The molecule has 2 atom stereocenters. The molecule has 3 heterocycles. The van der Waals surface area contributed by atoms with Crippen molar-refractivity contribution in [2.24, 2.45) is 4.99 Å². The number of fused-ring (bicyclic) bond motifs is 9. The molecule has 0 fully saturated rings. The molecule has 3 aromatic rings. The highest BCUT2D eigenvalue weighted by Crippen LogP contribution is 2.48. The van der Waals surface area contributed by atoms with E-state index in [2.05, 4.69) is 14.5 Å². The number of hydrogen-bond donors (Lipinski definition) is 0. The lowest BCUT2D eigenvalue weighted by Gasteiger charge is -2.20. The van der Waals surface area contributed by atoms with Gasteiger partial charge in [-0.3, -0.25) is 4.99 Å². The molecular weight excluding hydrogens is 348 g/mol. The summed E-state index contributed by atoms with van der Waals surface area (Å²) in [6, 6.07) is 10.4. The van der Waals surface area contributed by atoms with E-state index in [9.17, 15) is 8.78 Å². The lowest BCUT2D eigenvalue weighted by molar-refractivity contribution is -0.0506. The van der Waals surface area contributed by atoms with Crippen LogP contribution in [0, 0.1) is 0 Å². The van der Waals surface area contributed by atoms with Crippen molar-refractivity contribution in [3.05, 3.63) is 58.4 Å². The Kier molecular flexibility index (Phi) is 3.12. The second-order valence-electron chi connectivity index (χ2n) is 6.16. The Morgan fingerprint density at radius 1 is 1.24 bits per heavy atom. The van der Waals surface area contributed by atoms with Gasteiger partial charge in [0.15, 0.2) is 0 Å². The van der Waals surface area contributed by atoms with Crippen LogP contribution in [0.4, 0.5) is 8.78 Å². The van der Waals surface area contributed by atoms with Crippen molar-refractivity contribution in [3.63, 3.8) is 0 Å². The van der Waals surface area contributed by atoms with Crippen LogP contribution in [0.1, 0.15) is 35.5 Å². The SMILES string of the molecule is FC(F)Oc1cccc2c1[C@H]1C[C@@H](N=C2)c2nc3ccc(Cl)cc3n21. The largest absolute Gasteiger partial charge is 0.434 e. The maximum atomic E-state index is 12.9. The Balaban J connectivity index is 1.78. The molecule has 2 aliphatic heterocycles. The molecule has 0 unspecified atom stereocenters. The van der Waals surface area contributed by atoms with Crippen LogP contribution in [0.3, 0.4) is 0 Å². The Bertz CT molecular complexity index is 1030. The predicted octanol–water partition coefficient (Wildman–Crippen LogP) is 4.76. The lowest BCUT2D eigenvalue weighted by Crippen LogP contribution is -2.13. The molecule has 0 N–H and O–H groups in total. The molecule has 0 aliphatic carbocycles. The summed E-state index contributed by atoms with van der Waals surface area (Å²) in [6.45, 7) is -2.88. The molecule has 0 spiro atoms. The average Bonchev–Trinajstić information content (AvgIpc) is 3.02. The molecule has 0 saturated carbocycles. The number of rotatable bonds is 2. The van der Waals surface area contributed by atoms with Crippen LogP contribution in [0.25, 0.3) is 11.0 Å². The quantitative estimate of drug-likeness (QED) is 0.662. The number of imidazole rings is 1. The first-order valence-corrected chi connectivity index (χ1v) is 8.28. The molecule has 5 rings (SSSR count). The van der Waals surface area contributed by atoms with Crippen molar-refractivity contribution >= 4 is 28.8 Å². The normalized spacial score (nSPS) is 20.6. The van der Waals surface area contributed by atoms with Gasteiger partial charge in [-0.25, -0.2) is 4.98 Å². The number of aromatic nitrogens is 2. The summed E-state index contributed by atoms with van der Waals surface area (Å²) in [7, 11) is 0. The van der Waals surface area contributed by atoms with E-state index in [1.54, 1.807) is 24.4 Å². The summed E-state index contributed by atoms with van der Waals surface area (Å²) in [6.07, 6.45) is 2.39. The summed E-state index contributed by atoms with van der Waals surface area (Å²) in [5.74, 6) is 1.01. The fourth-order valence-electron chi connectivity index (χ4n) is 3.84. The van der Waals surface area contributed by atoms with Gasteiger partial charge >= 0.3 is 6.61 Å². The van der Waals surface area contributed by atoms with Gasteiger partial charge in [0.2, 0.25) is 0 Å². The van der Waals surface area contributed by atoms with Crippen LogP contribution in [-0.4, -0.2) is 22.4 Å². The lowest BCUT2D eigenvalue weighted by atomic mass is 9.98. The van der Waals surface area contributed by atoms with E-state index in [4.69, 9.17) is 16.3 Å². The second kappa shape index (κ2) is 5.26. The molecule has 0 radical (unpaired) electrons. The number of aliphatic imine (C=N–C) groups is 1. The molecule has 0 saturated heterocycles. The first kappa shape index (κ1) is 14.8. The van der Waals surface area contributed by atoms with Crippen molar-refractivity contribution in [1.82, 2.24) is 9.55 Å². The van der Waals surface area contributed by atoms with E-state index >= 15 is 0 Å². The summed E-state index contributed by atoms with van der Waals surface area (Å²) < 4.78 is 32.6. The topological polar surface area (TPSA) is 39.4 Å². The highest BCUT2D eigenvalue weighted by atomic mass is 35.5. The predicted molar refractivity (Wildman–Crippen MR) is 90.9 cm³/mol. The second-order valence-corrected chi connectivity index (χ2v) is 6.59. The number of ether oxygens (including phenoxy) is 1. The molecule has 2 aliphatic rings. The highest BCUT2D eigenvalue weighted by molar-refractivity contribution is 6.31. The fourth-order valence-corrected chi connectivity index (χ4v) is 4.01. The third kappa shape index (κ3) is 2.17. The van der Waals surface area contributed by atoms with Gasteiger partial charge in [0.05, 0.1) is 17.1 Å². The van der Waals surface area contributed by atoms with Gasteiger partial charge in [0.25, 0.3) is 0 Å². The van der Waals surface area contributed by atoms with Crippen LogP contribution >= 0.6 is 11.6 Å². The van der Waals surface area contributed by atoms with Gasteiger partial charge in [-0.05, 0) is 24.3 Å². The maximum absolute atomic E-state index is 12.9. The number of benzene rings is 2. The molecule has 1 aromatic heterocycles. The minimum Gasteiger partial charge on any atom is -0.434 e. The van der Waals surface area contributed by atoms with Crippen LogP contribution in [0.15, 0.2) is 41.4 Å². The van der Waals surface area contributed by atoms with E-state index < -0.39 is 6.61 Å². The summed E-state index contributed by atoms with van der Waals surface area (Å²) in [5.41, 5.74) is 3.21. The van der Waals surface area contributed by atoms with Gasteiger partial charge in [0, 0.05) is 28.8 Å². The molecule has 2 aromatic carbocycles. The zero-order valence-electron chi connectivity index (χ0n) is 12.9. The van der Waals surface area contributed by atoms with Crippen molar-refractivity contribution < 1.29 is 13.5 Å². The standard InChI is InChI=1S/C18H12ClF2N3O/c19-10-4-5-11-13(6-10)24-14-7-12(17(24)23-11)22-8-9-2-1-3-15(16(9)14)25-18(20)21/h1-6,8,12,14,18H,7H2/t12-,14-/m1/s1. The zero-order chi connectivity index (χ0) is 17.1. The molecular formula is C18H12ClF2N3O. The third-order valence-corrected chi connectivity index (χ3v) is 5.01. The molecule has 25 heavy (non-hydrogen) atoms. The zero-order valence-corrected chi connectivity index (χ0v) is 13.6. The van der Waals surface area contributed by atoms with Gasteiger partial charge in [-0.15, -0.1) is 0 Å². The van der Waals surface area contributed by atoms with Gasteiger partial charge < -0.3 is 9.30 Å². The molecule has 126 valence electrons. The fraction of sp³-hybridized carbons (Fsp3) is 0.222. The monoisotopic (exact) mass is 359 g/mol. The summed E-state index contributed by atoms with van der Waals surface area (Å²) >= 11 is 6.16. The van der Waals surface area contributed by atoms with Crippen LogP contribution in [0.2, 0.25) is 5.02 Å². The van der Waals surface area contributed by atoms with E-state index in [-0.39, 0.29) is 17.8 Å². The Morgan fingerprint density at radius 3 is 2.96 bits per heavy atom. The van der Waals surface area contributed by atoms with Crippen molar-refractivity contribution in [2.75, 3.05) is 0 Å². The van der Waals surface area contributed by atoms with E-state index in [0.717, 1.165) is 22.4 Å². The van der Waals surface area contributed by atoms with Gasteiger partial charge in [-0.2, -0.15) is 8.78 Å². The maximum Gasteiger partial charge on any atom is 0.387 e. The van der Waals surface area contributed by atoms with Gasteiger partial charge in [-0.1, -0.05) is 23.7 Å². The molecule has 2 bridgehead atoms. The van der Waals surface area contributed by atoms with Crippen LogP contribution in [0.5, 0.6) is 5.75 Å². The van der Waals surface area contributed by atoms with Crippen molar-refractivity contribution in [2.45, 2.75) is 25.1 Å². The summed E-state index contributed by atoms with van der Waals surface area (Å²) in [4.78, 5) is 9.30. The Hall–Kier alpha value is -2.47. The summed E-state index contributed by atoms with van der Waals surface area (Å²) in [5, 5.41) is 0.607. The Morgan fingerprint density at radius 2 is 2.12 bits per heavy atom. The molecule has 7 heteroatoms. The van der Waals surface area contributed by atoms with Crippen molar-refractivity contribution in [1.29, 1.82) is 0 Å². The minimum atomic E-state index is -2.88.